The van der Waals surface area contributed by atoms with E-state index in [0.717, 1.165) is 16.4 Å². The van der Waals surface area contributed by atoms with Gasteiger partial charge in [-0.15, -0.1) is 0 Å². The SMILES string of the molecule is Cc1c[c]([Zr+2][c]2cc(C)[pH]c2C)c(C)[pH]1.[Cl-].[Cl-]. The van der Waals surface area contributed by atoms with Gasteiger partial charge in [-0.1, -0.05) is 0 Å². The molecule has 92 valence electrons. The van der Waals surface area contributed by atoms with E-state index in [1.807, 2.05) is 0 Å². The minimum absolute atomic E-state index is 0. The summed E-state index contributed by atoms with van der Waals surface area (Å²) < 4.78 is 3.47. The van der Waals surface area contributed by atoms with Gasteiger partial charge in [0.2, 0.25) is 0 Å². The molecule has 0 radical (unpaired) electrons. The molecule has 2 aromatic rings. The van der Waals surface area contributed by atoms with Crippen molar-refractivity contribution in [1.29, 1.82) is 0 Å². The van der Waals surface area contributed by atoms with Crippen LogP contribution >= 0.6 is 16.4 Å². The molecule has 0 saturated heterocycles. The summed E-state index contributed by atoms with van der Waals surface area (Å²) in [5.74, 6) is 0. The molecule has 0 nitrogen and oxygen atoms in total. The second-order valence-electron chi connectivity index (χ2n) is 4.11. The smallest absolute Gasteiger partial charge is 1.00 e. The van der Waals surface area contributed by atoms with E-state index in [9.17, 15) is 0 Å². The summed E-state index contributed by atoms with van der Waals surface area (Å²) in [6, 6.07) is 4.93. The zero-order chi connectivity index (χ0) is 11.0. The molecular weight excluding hydrogens is 368 g/mol. The number of halogens is 2. The van der Waals surface area contributed by atoms with E-state index in [0.29, 0.717) is 0 Å². The van der Waals surface area contributed by atoms with Gasteiger partial charge in [-0.25, -0.2) is 0 Å². The third-order valence-electron chi connectivity index (χ3n) is 2.57. The van der Waals surface area contributed by atoms with Gasteiger partial charge in [-0.2, -0.15) is 0 Å². The van der Waals surface area contributed by atoms with Crippen LogP contribution in [0.3, 0.4) is 0 Å². The summed E-state index contributed by atoms with van der Waals surface area (Å²) in [7, 11) is 1.97. The van der Waals surface area contributed by atoms with E-state index in [1.165, 1.54) is 0 Å². The molecule has 17 heavy (non-hydrogen) atoms. The molecule has 5 heteroatoms. The number of hydrogen-bond acceptors (Lipinski definition) is 0. The van der Waals surface area contributed by atoms with Crippen LogP contribution in [0.25, 0.3) is 0 Å². The quantitative estimate of drug-likeness (QED) is 0.519. The van der Waals surface area contributed by atoms with Crippen molar-refractivity contribution in [1.82, 2.24) is 0 Å². The first kappa shape index (κ1) is 18.0. The molecule has 2 rings (SSSR count). The van der Waals surface area contributed by atoms with E-state index in [-0.39, 0.29) is 24.8 Å². The van der Waals surface area contributed by atoms with Crippen LogP contribution in [-0.4, -0.2) is 0 Å². The molecular formula is C12H16Cl2P2Zr. The van der Waals surface area contributed by atoms with E-state index in [1.54, 1.807) is 27.7 Å². The van der Waals surface area contributed by atoms with Crippen LogP contribution in [0.1, 0.15) is 21.2 Å². The van der Waals surface area contributed by atoms with Crippen molar-refractivity contribution in [3.63, 3.8) is 0 Å². The van der Waals surface area contributed by atoms with Crippen LogP contribution in [0.2, 0.25) is 0 Å². The van der Waals surface area contributed by atoms with Gasteiger partial charge in [0.25, 0.3) is 0 Å². The Morgan fingerprint density at radius 2 is 1.12 bits per heavy atom. The predicted octanol–water partition coefficient (Wildman–Crippen LogP) is -2.98. The maximum atomic E-state index is 2.46. The zero-order valence-corrected chi connectivity index (χ0v) is 16.4. The molecule has 0 aliphatic rings. The second-order valence-corrected chi connectivity index (χ2v) is 10.9. The summed E-state index contributed by atoms with van der Waals surface area (Å²) in [5, 5.41) is 6.51. The maximum absolute atomic E-state index is 2.46. The molecule has 0 aliphatic heterocycles. The van der Waals surface area contributed by atoms with E-state index in [4.69, 9.17) is 0 Å². The fourth-order valence-electron chi connectivity index (χ4n) is 1.85. The molecule has 2 atom stereocenters. The Kier molecular flexibility index (Phi) is 8.03. The van der Waals surface area contributed by atoms with Gasteiger partial charge in [0.05, 0.1) is 0 Å². The summed E-state index contributed by atoms with van der Waals surface area (Å²) in [6.45, 7) is 9.19. The van der Waals surface area contributed by atoms with Crippen molar-refractivity contribution in [2.45, 2.75) is 27.7 Å². The molecule has 2 heterocycles. The van der Waals surface area contributed by atoms with Crippen molar-refractivity contribution in [2.75, 3.05) is 0 Å². The Morgan fingerprint density at radius 1 is 0.765 bits per heavy atom. The van der Waals surface area contributed by atoms with E-state index < -0.39 is 23.2 Å². The number of rotatable bonds is 2. The molecule has 0 N–H and O–H groups in total. The predicted molar refractivity (Wildman–Crippen MR) is 70.1 cm³/mol. The van der Waals surface area contributed by atoms with Gasteiger partial charge in [0, 0.05) is 0 Å². The van der Waals surface area contributed by atoms with Gasteiger partial charge in [0.15, 0.2) is 0 Å². The van der Waals surface area contributed by atoms with E-state index in [2.05, 4.69) is 39.8 Å². The Labute approximate surface area is 131 Å². The molecule has 0 saturated carbocycles. The second kappa shape index (κ2) is 7.57. The Bertz CT molecular complexity index is 444. The summed E-state index contributed by atoms with van der Waals surface area (Å²) in [6.07, 6.45) is 0. The first-order valence-corrected chi connectivity index (χ1v) is 9.61. The monoisotopic (exact) mass is 382 g/mol. The van der Waals surface area contributed by atoms with Crippen molar-refractivity contribution in [3.05, 3.63) is 33.3 Å². The molecule has 0 spiro atoms. The third-order valence-corrected chi connectivity index (χ3v) is 10.0. The van der Waals surface area contributed by atoms with Crippen molar-refractivity contribution in [3.8, 4) is 0 Å². The van der Waals surface area contributed by atoms with E-state index >= 15 is 0 Å². The molecule has 0 amide bonds. The van der Waals surface area contributed by atoms with Crippen molar-refractivity contribution < 1.29 is 48.0 Å². The zero-order valence-electron chi connectivity index (χ0n) is 10.4. The Balaban J connectivity index is 0.00000128. The Morgan fingerprint density at radius 3 is 1.35 bits per heavy atom. The van der Waals surface area contributed by atoms with Gasteiger partial charge >= 0.3 is 107 Å². The number of aryl methyl sites for hydroxylation is 4. The topological polar surface area (TPSA) is 0 Å². The summed E-state index contributed by atoms with van der Waals surface area (Å²) >= 11 is -0.473. The average molecular weight is 384 g/mol. The minimum Gasteiger partial charge on any atom is -1.00 e. The molecule has 2 aromatic heterocycles. The molecule has 0 fully saturated rings. The summed E-state index contributed by atoms with van der Waals surface area (Å²) in [5.41, 5.74) is 0. The van der Waals surface area contributed by atoms with Crippen LogP contribution in [0.4, 0.5) is 0 Å². The summed E-state index contributed by atoms with van der Waals surface area (Å²) in [4.78, 5) is 0. The van der Waals surface area contributed by atoms with Crippen LogP contribution in [0.15, 0.2) is 12.1 Å². The Hall–Kier alpha value is 1.02. The molecule has 0 aromatic carbocycles. The normalized spacial score (nSPS) is 10.1. The van der Waals surface area contributed by atoms with Gasteiger partial charge < -0.3 is 24.8 Å². The molecule has 2 unspecified atom stereocenters. The first-order valence-electron chi connectivity index (χ1n) is 5.15. The third kappa shape index (κ3) is 4.56. The van der Waals surface area contributed by atoms with Crippen LogP contribution in [-0.2, 0) is 23.2 Å². The van der Waals surface area contributed by atoms with Crippen molar-refractivity contribution in [2.24, 2.45) is 0 Å². The molecule has 0 aliphatic carbocycles. The fraction of sp³-hybridized carbons (Fsp3) is 0.333. The van der Waals surface area contributed by atoms with Crippen LogP contribution in [0.5, 0.6) is 0 Å². The minimum atomic E-state index is -0.473. The number of hydrogen-bond donors (Lipinski definition) is 0. The van der Waals surface area contributed by atoms with Gasteiger partial charge in [-0.3, -0.25) is 0 Å². The van der Waals surface area contributed by atoms with Gasteiger partial charge in [-0.05, 0) is 0 Å². The maximum Gasteiger partial charge on any atom is -1.00 e. The fourth-order valence-corrected chi connectivity index (χ4v) is 9.31. The van der Waals surface area contributed by atoms with Gasteiger partial charge in [0.1, 0.15) is 0 Å². The van der Waals surface area contributed by atoms with Crippen LogP contribution in [0, 0.1) is 27.7 Å². The standard InChI is InChI=1S/2C6H8P.2ClH.Zr/c2*1-5-3-4-6(2)7-5;;;/h2*3,7H,1-2H3;2*1H;/q;;;;+2/p-2. The van der Waals surface area contributed by atoms with Crippen LogP contribution < -0.4 is 31.4 Å². The largest absolute Gasteiger partial charge is 1.00 e. The first-order chi connectivity index (χ1) is 7.06. The van der Waals surface area contributed by atoms with Crippen molar-refractivity contribution >= 4 is 22.9 Å². The molecule has 0 bridgehead atoms. The average Bonchev–Trinajstić information content (AvgIpc) is 2.58.